The van der Waals surface area contributed by atoms with Crippen LogP contribution in [0.15, 0.2) is 36.5 Å². The van der Waals surface area contributed by atoms with Crippen molar-refractivity contribution < 1.29 is 9.53 Å². The number of amides is 1. The van der Waals surface area contributed by atoms with Crippen LogP contribution in [-0.2, 0) is 4.79 Å². The van der Waals surface area contributed by atoms with Crippen LogP contribution in [0.5, 0.6) is 5.75 Å². The lowest BCUT2D eigenvalue weighted by atomic mass is 9.94. The van der Waals surface area contributed by atoms with Crippen LogP contribution in [0.25, 0.3) is 0 Å². The summed E-state index contributed by atoms with van der Waals surface area (Å²) in [6.45, 7) is 4.96. The molecule has 1 N–H and O–H groups in total. The summed E-state index contributed by atoms with van der Waals surface area (Å²) in [5.41, 5.74) is 2.11. The molecule has 0 saturated carbocycles. The highest BCUT2D eigenvalue weighted by Gasteiger charge is 2.35. The average molecular weight is 326 g/mol. The quantitative estimate of drug-likeness (QED) is 0.929. The molecule has 1 saturated heterocycles. The van der Waals surface area contributed by atoms with Crippen molar-refractivity contribution >= 4 is 11.9 Å². The fourth-order valence-corrected chi connectivity index (χ4v) is 3.15. The van der Waals surface area contributed by atoms with Gasteiger partial charge in [-0.15, -0.1) is 0 Å². The van der Waals surface area contributed by atoms with Crippen molar-refractivity contribution in [1.82, 2.24) is 15.3 Å². The Hall–Kier alpha value is -2.63. The molecule has 1 aliphatic heterocycles. The zero-order valence-electron chi connectivity index (χ0n) is 14.2. The maximum absolute atomic E-state index is 11.6. The van der Waals surface area contributed by atoms with Crippen molar-refractivity contribution in [2.45, 2.75) is 25.8 Å². The Morgan fingerprint density at radius 1 is 1.25 bits per heavy atom. The topological polar surface area (TPSA) is 67.3 Å². The summed E-state index contributed by atoms with van der Waals surface area (Å²) in [7, 11) is 1.65. The number of ether oxygens (including phenoxy) is 1. The van der Waals surface area contributed by atoms with Gasteiger partial charge in [0.05, 0.1) is 13.2 Å². The summed E-state index contributed by atoms with van der Waals surface area (Å²) in [5, 5.41) is 3.07. The molecule has 3 rings (SSSR count). The van der Waals surface area contributed by atoms with Gasteiger partial charge in [0.25, 0.3) is 0 Å². The van der Waals surface area contributed by atoms with Gasteiger partial charge in [-0.05, 0) is 30.7 Å². The second-order valence-electron chi connectivity index (χ2n) is 6.09. The monoisotopic (exact) mass is 326 g/mol. The molecular formula is C18H22N4O2. The van der Waals surface area contributed by atoms with E-state index in [1.807, 2.05) is 25.1 Å². The first-order valence-electron chi connectivity index (χ1n) is 8.02. The van der Waals surface area contributed by atoms with Crippen LogP contribution in [0.2, 0.25) is 0 Å². The number of nitrogens with zero attached hydrogens (tertiary/aromatic N) is 3. The molecule has 1 amide bonds. The van der Waals surface area contributed by atoms with Gasteiger partial charge in [0.15, 0.2) is 0 Å². The zero-order chi connectivity index (χ0) is 17.1. The molecule has 0 unspecified atom stereocenters. The number of rotatable bonds is 4. The number of carbonyl (C=O) groups excluding carboxylic acids is 1. The molecule has 2 aromatic rings. The van der Waals surface area contributed by atoms with E-state index in [0.29, 0.717) is 12.5 Å². The Morgan fingerprint density at radius 3 is 2.62 bits per heavy atom. The van der Waals surface area contributed by atoms with Crippen LogP contribution in [0, 0.1) is 6.92 Å². The molecule has 0 spiro atoms. The van der Waals surface area contributed by atoms with Gasteiger partial charge >= 0.3 is 0 Å². The molecule has 1 fully saturated rings. The fraction of sp³-hybridized carbons (Fsp3) is 0.389. The van der Waals surface area contributed by atoms with E-state index in [1.54, 1.807) is 20.2 Å². The van der Waals surface area contributed by atoms with Gasteiger partial charge in [-0.3, -0.25) is 4.79 Å². The molecule has 6 nitrogen and oxygen atoms in total. The van der Waals surface area contributed by atoms with Crippen LogP contribution in [0.1, 0.15) is 24.1 Å². The number of hydrogen-bond acceptors (Lipinski definition) is 5. The maximum atomic E-state index is 11.6. The molecule has 2 atom stereocenters. The Balaban J connectivity index is 1.86. The SMILES string of the molecule is COc1ccc([C@@H]2CN(c3nccc(C)n3)C[C@H]2NC(C)=O)cc1. The predicted molar refractivity (Wildman–Crippen MR) is 92.3 cm³/mol. The first kappa shape index (κ1) is 16.2. The third kappa shape index (κ3) is 3.48. The second kappa shape index (κ2) is 6.86. The highest BCUT2D eigenvalue weighted by atomic mass is 16.5. The molecule has 126 valence electrons. The minimum absolute atomic E-state index is 0.0227. The smallest absolute Gasteiger partial charge is 0.225 e. The lowest BCUT2D eigenvalue weighted by molar-refractivity contribution is -0.119. The Morgan fingerprint density at radius 2 is 2.00 bits per heavy atom. The van der Waals surface area contributed by atoms with Gasteiger partial charge < -0.3 is 15.0 Å². The molecule has 24 heavy (non-hydrogen) atoms. The zero-order valence-corrected chi connectivity index (χ0v) is 14.2. The van der Waals surface area contributed by atoms with E-state index in [0.717, 1.165) is 18.0 Å². The molecule has 0 radical (unpaired) electrons. The summed E-state index contributed by atoms with van der Waals surface area (Å²) in [4.78, 5) is 22.6. The largest absolute Gasteiger partial charge is 0.497 e. The molecule has 6 heteroatoms. The summed E-state index contributed by atoms with van der Waals surface area (Å²) in [6.07, 6.45) is 1.77. The minimum Gasteiger partial charge on any atom is -0.497 e. The van der Waals surface area contributed by atoms with Gasteiger partial charge in [-0.1, -0.05) is 12.1 Å². The van der Waals surface area contributed by atoms with Crippen molar-refractivity contribution in [1.29, 1.82) is 0 Å². The summed E-state index contributed by atoms with van der Waals surface area (Å²) < 4.78 is 5.23. The molecular weight excluding hydrogens is 304 g/mol. The number of benzene rings is 1. The molecule has 0 bridgehead atoms. The average Bonchev–Trinajstić information content (AvgIpc) is 2.98. The first-order chi connectivity index (χ1) is 11.6. The third-order valence-corrected chi connectivity index (χ3v) is 4.32. The van der Waals surface area contributed by atoms with Crippen LogP contribution in [0.4, 0.5) is 5.95 Å². The number of aryl methyl sites for hydroxylation is 1. The number of anilines is 1. The van der Waals surface area contributed by atoms with E-state index >= 15 is 0 Å². The van der Waals surface area contributed by atoms with E-state index in [4.69, 9.17) is 4.74 Å². The van der Waals surface area contributed by atoms with E-state index in [1.165, 1.54) is 5.56 Å². The van der Waals surface area contributed by atoms with Gasteiger partial charge in [-0.2, -0.15) is 0 Å². The van der Waals surface area contributed by atoms with Gasteiger partial charge in [-0.25, -0.2) is 9.97 Å². The van der Waals surface area contributed by atoms with E-state index in [-0.39, 0.29) is 17.9 Å². The van der Waals surface area contributed by atoms with Crippen molar-refractivity contribution in [2.24, 2.45) is 0 Å². The second-order valence-corrected chi connectivity index (χ2v) is 6.09. The highest BCUT2D eigenvalue weighted by molar-refractivity contribution is 5.73. The Bertz CT molecular complexity index is 717. The number of methoxy groups -OCH3 is 1. The molecule has 1 aliphatic rings. The first-order valence-corrected chi connectivity index (χ1v) is 8.02. The molecule has 0 aliphatic carbocycles. The van der Waals surface area contributed by atoms with Crippen molar-refractivity contribution in [2.75, 3.05) is 25.1 Å². The highest BCUT2D eigenvalue weighted by Crippen LogP contribution is 2.30. The standard InChI is InChI=1S/C18H22N4O2/c1-12-8-9-19-18(20-12)22-10-16(17(11-22)21-13(2)23)14-4-6-15(24-3)7-5-14/h4-9,16-17H,10-11H2,1-3H3,(H,21,23)/t16-,17+/m0/s1. The lowest BCUT2D eigenvalue weighted by Crippen LogP contribution is -2.38. The molecule has 1 aromatic carbocycles. The summed E-state index contributed by atoms with van der Waals surface area (Å²) in [6, 6.07) is 9.92. The lowest BCUT2D eigenvalue weighted by Gasteiger charge is -2.19. The van der Waals surface area contributed by atoms with Crippen molar-refractivity contribution in [3.8, 4) is 5.75 Å². The van der Waals surface area contributed by atoms with Gasteiger partial charge in [0.2, 0.25) is 11.9 Å². The third-order valence-electron chi connectivity index (χ3n) is 4.32. The van der Waals surface area contributed by atoms with Crippen LogP contribution < -0.4 is 15.0 Å². The van der Waals surface area contributed by atoms with Crippen molar-refractivity contribution in [3.05, 3.63) is 47.8 Å². The van der Waals surface area contributed by atoms with Gasteiger partial charge in [0.1, 0.15) is 5.75 Å². The Labute approximate surface area is 141 Å². The van der Waals surface area contributed by atoms with Crippen molar-refractivity contribution in [3.63, 3.8) is 0 Å². The normalized spacial score (nSPS) is 20.0. The van der Waals surface area contributed by atoms with E-state index in [2.05, 4.69) is 32.3 Å². The Kier molecular flexibility index (Phi) is 4.64. The van der Waals surface area contributed by atoms with Crippen LogP contribution >= 0.6 is 0 Å². The van der Waals surface area contributed by atoms with Crippen LogP contribution in [-0.4, -0.2) is 42.1 Å². The number of aromatic nitrogens is 2. The number of hydrogen-bond donors (Lipinski definition) is 1. The number of nitrogens with one attached hydrogen (secondary N) is 1. The minimum atomic E-state index is -0.0227. The summed E-state index contributed by atoms with van der Waals surface area (Å²) in [5.74, 6) is 1.70. The fourth-order valence-electron chi connectivity index (χ4n) is 3.15. The molecule has 1 aromatic heterocycles. The maximum Gasteiger partial charge on any atom is 0.225 e. The summed E-state index contributed by atoms with van der Waals surface area (Å²) >= 11 is 0. The van der Waals surface area contributed by atoms with Crippen LogP contribution in [0.3, 0.4) is 0 Å². The van der Waals surface area contributed by atoms with E-state index < -0.39 is 0 Å². The number of carbonyl (C=O) groups is 1. The van der Waals surface area contributed by atoms with Gasteiger partial charge in [0, 0.05) is 37.8 Å². The predicted octanol–water partition coefficient (Wildman–Crippen LogP) is 1.90. The van der Waals surface area contributed by atoms with E-state index in [9.17, 15) is 4.79 Å². The molecule has 2 heterocycles.